The molecule has 1 aromatic rings. The number of rotatable bonds is 6. The van der Waals surface area contributed by atoms with Crippen molar-refractivity contribution in [3.8, 4) is 0 Å². The van der Waals surface area contributed by atoms with Crippen LogP contribution in [0.15, 0.2) is 29.2 Å². The van der Waals surface area contributed by atoms with Crippen LogP contribution in [0, 0.1) is 6.92 Å². The van der Waals surface area contributed by atoms with Crippen LogP contribution in [0.25, 0.3) is 0 Å². The zero-order valence-electron chi connectivity index (χ0n) is 15.1. The van der Waals surface area contributed by atoms with Crippen LogP contribution in [0.5, 0.6) is 0 Å². The van der Waals surface area contributed by atoms with E-state index in [9.17, 15) is 9.32 Å². The van der Waals surface area contributed by atoms with Crippen molar-refractivity contribution < 1.29 is 9.32 Å². The van der Waals surface area contributed by atoms with Crippen molar-refractivity contribution in [2.24, 2.45) is 0 Å². The molecule has 2 rings (SSSR count). The molecule has 1 fully saturated rings. The number of aliphatic hydroxyl groups is 1. The van der Waals surface area contributed by atoms with Crippen molar-refractivity contribution in [2.45, 2.75) is 86.9 Å². The fourth-order valence-electron chi connectivity index (χ4n) is 3.46. The predicted molar refractivity (Wildman–Crippen MR) is 102 cm³/mol. The quantitative estimate of drug-likeness (QED) is 0.740. The van der Waals surface area contributed by atoms with Gasteiger partial charge in [-0.1, -0.05) is 62.6 Å². The summed E-state index contributed by atoms with van der Waals surface area (Å²) in [5.41, 5.74) is 0.439. The number of hydrogen-bond donors (Lipinski definition) is 1. The first-order valence-electron chi connectivity index (χ1n) is 8.91. The Balaban J connectivity index is 2.24. The zero-order chi connectivity index (χ0) is 17.1. The molecule has 0 aromatic heterocycles. The van der Waals surface area contributed by atoms with Crippen LogP contribution in [0.3, 0.4) is 0 Å². The molecule has 1 saturated carbocycles. The first-order chi connectivity index (χ1) is 10.7. The van der Waals surface area contributed by atoms with E-state index in [4.69, 9.17) is 0 Å². The van der Waals surface area contributed by atoms with E-state index >= 15 is 0 Å². The number of hydrogen-bond acceptors (Lipinski definition) is 2. The standard InChI is InChI=1S/C19H32O2SSi/c1-16-8-10-17(11-9-16)22(21)18(12-15-23(2,3)4)19(20)13-6-5-7-14-19/h8-11,18,20H,5-7,12-15H2,1-4H3/t18-,22?/m0/s1. The molecule has 0 spiro atoms. The lowest BCUT2D eigenvalue weighted by atomic mass is 9.81. The third-order valence-corrected chi connectivity index (χ3v) is 8.70. The van der Waals surface area contributed by atoms with Gasteiger partial charge in [0.2, 0.25) is 0 Å². The predicted octanol–water partition coefficient (Wildman–Crippen LogP) is 4.89. The summed E-state index contributed by atoms with van der Waals surface area (Å²) in [5, 5.41) is 11.1. The van der Waals surface area contributed by atoms with Gasteiger partial charge in [0.15, 0.2) is 0 Å². The molecule has 0 saturated heterocycles. The van der Waals surface area contributed by atoms with Crippen molar-refractivity contribution in [1.29, 1.82) is 0 Å². The van der Waals surface area contributed by atoms with Gasteiger partial charge in [-0.25, -0.2) is 0 Å². The molecule has 0 aliphatic heterocycles. The van der Waals surface area contributed by atoms with E-state index in [1.54, 1.807) is 0 Å². The molecule has 2 nitrogen and oxygen atoms in total. The lowest BCUT2D eigenvalue weighted by Crippen LogP contribution is -2.47. The van der Waals surface area contributed by atoms with E-state index in [1.807, 2.05) is 31.2 Å². The molecule has 0 heterocycles. The second-order valence-corrected chi connectivity index (χ2v) is 15.6. The Hall–Kier alpha value is -0.453. The first kappa shape index (κ1) is 18.9. The first-order valence-corrected chi connectivity index (χ1v) is 13.8. The van der Waals surface area contributed by atoms with Crippen LogP contribution < -0.4 is 0 Å². The van der Waals surface area contributed by atoms with Crippen LogP contribution in [0.1, 0.15) is 44.1 Å². The molecule has 2 atom stereocenters. The van der Waals surface area contributed by atoms with Crippen LogP contribution in [-0.4, -0.2) is 28.2 Å². The molecule has 1 N–H and O–H groups in total. The fraction of sp³-hybridized carbons (Fsp3) is 0.684. The molecule has 1 aliphatic carbocycles. The van der Waals surface area contributed by atoms with Gasteiger partial charge >= 0.3 is 0 Å². The average molecular weight is 353 g/mol. The lowest BCUT2D eigenvalue weighted by molar-refractivity contribution is 0.000233. The Bertz CT molecular complexity index is 527. The third-order valence-electron chi connectivity index (χ3n) is 4.99. The molecule has 1 aliphatic rings. The minimum atomic E-state index is -1.22. The van der Waals surface area contributed by atoms with Gasteiger partial charge in [0.1, 0.15) is 0 Å². The summed E-state index contributed by atoms with van der Waals surface area (Å²) in [7, 11) is -2.35. The van der Waals surface area contributed by atoms with Crippen LogP contribution in [-0.2, 0) is 10.8 Å². The van der Waals surface area contributed by atoms with Crippen molar-refractivity contribution in [3.05, 3.63) is 29.8 Å². The van der Waals surface area contributed by atoms with Gasteiger partial charge in [0.05, 0.1) is 21.7 Å². The minimum absolute atomic E-state index is 0.128. The maximum absolute atomic E-state index is 13.2. The van der Waals surface area contributed by atoms with Gasteiger partial charge in [-0.05, 0) is 38.3 Å². The van der Waals surface area contributed by atoms with E-state index in [0.29, 0.717) is 0 Å². The Morgan fingerprint density at radius 1 is 1.13 bits per heavy atom. The highest BCUT2D eigenvalue weighted by molar-refractivity contribution is 7.85. The molecular weight excluding hydrogens is 320 g/mol. The molecule has 23 heavy (non-hydrogen) atoms. The van der Waals surface area contributed by atoms with E-state index < -0.39 is 24.5 Å². The second-order valence-electron chi connectivity index (χ2n) is 8.36. The highest BCUT2D eigenvalue weighted by atomic mass is 32.2. The summed E-state index contributed by atoms with van der Waals surface area (Å²) in [6.07, 6.45) is 5.81. The highest BCUT2D eigenvalue weighted by Gasteiger charge is 2.42. The topological polar surface area (TPSA) is 37.3 Å². The Kier molecular flexibility index (Phi) is 6.26. The maximum atomic E-state index is 13.2. The summed E-state index contributed by atoms with van der Waals surface area (Å²) in [6, 6.07) is 9.11. The van der Waals surface area contributed by atoms with Gasteiger partial charge in [-0.3, -0.25) is 4.21 Å². The monoisotopic (exact) mass is 352 g/mol. The highest BCUT2D eigenvalue weighted by Crippen LogP contribution is 2.37. The van der Waals surface area contributed by atoms with Gasteiger partial charge in [-0.15, -0.1) is 0 Å². The molecule has 0 radical (unpaired) electrons. The Morgan fingerprint density at radius 2 is 1.70 bits per heavy atom. The van der Waals surface area contributed by atoms with E-state index in [-0.39, 0.29) is 5.25 Å². The van der Waals surface area contributed by atoms with Crippen molar-refractivity contribution in [1.82, 2.24) is 0 Å². The van der Waals surface area contributed by atoms with E-state index in [1.165, 1.54) is 12.0 Å². The Labute approximate surface area is 145 Å². The smallest absolute Gasteiger partial charge is 0.0794 e. The normalized spacial score (nSPS) is 20.9. The van der Waals surface area contributed by atoms with Crippen molar-refractivity contribution in [2.75, 3.05) is 0 Å². The molecule has 4 heteroatoms. The summed E-state index contributed by atoms with van der Waals surface area (Å²) in [6.45, 7) is 9.10. The van der Waals surface area contributed by atoms with Crippen molar-refractivity contribution >= 4 is 18.9 Å². The van der Waals surface area contributed by atoms with E-state index in [2.05, 4.69) is 19.6 Å². The minimum Gasteiger partial charge on any atom is -0.389 e. The van der Waals surface area contributed by atoms with Crippen molar-refractivity contribution in [3.63, 3.8) is 0 Å². The Morgan fingerprint density at radius 3 is 2.22 bits per heavy atom. The van der Waals surface area contributed by atoms with E-state index in [0.717, 1.165) is 43.0 Å². The zero-order valence-corrected chi connectivity index (χ0v) is 16.9. The second kappa shape index (κ2) is 7.62. The SMILES string of the molecule is Cc1ccc(S(=O)[C@@H](CC[Si](C)(C)C)C2(O)CCCCC2)cc1. The average Bonchev–Trinajstić information content (AvgIpc) is 2.47. The maximum Gasteiger partial charge on any atom is 0.0794 e. The summed E-state index contributed by atoms with van der Waals surface area (Å²) >= 11 is 0. The van der Waals surface area contributed by atoms with Crippen LogP contribution >= 0.6 is 0 Å². The molecule has 130 valence electrons. The largest absolute Gasteiger partial charge is 0.389 e. The molecular formula is C19H32O2SSi. The fourth-order valence-corrected chi connectivity index (χ4v) is 6.52. The molecule has 0 bridgehead atoms. The van der Waals surface area contributed by atoms with Gasteiger partial charge < -0.3 is 5.11 Å². The number of benzene rings is 1. The summed E-state index contributed by atoms with van der Waals surface area (Å²) in [4.78, 5) is 0.871. The lowest BCUT2D eigenvalue weighted by Gasteiger charge is -2.39. The molecule has 1 aromatic carbocycles. The summed E-state index contributed by atoms with van der Waals surface area (Å²) < 4.78 is 13.2. The van der Waals surface area contributed by atoms with Gasteiger partial charge in [-0.2, -0.15) is 0 Å². The van der Waals surface area contributed by atoms with Gasteiger partial charge in [0.25, 0.3) is 0 Å². The summed E-state index contributed by atoms with van der Waals surface area (Å²) in [5.74, 6) is 0. The third kappa shape index (κ3) is 5.26. The molecule has 1 unspecified atom stereocenters. The van der Waals surface area contributed by atoms with Crippen LogP contribution in [0.2, 0.25) is 25.7 Å². The van der Waals surface area contributed by atoms with Gasteiger partial charge in [0, 0.05) is 13.0 Å². The molecule has 0 amide bonds. The number of aryl methyl sites for hydroxylation is 1. The van der Waals surface area contributed by atoms with Crippen LogP contribution in [0.4, 0.5) is 0 Å².